The number of hydrogen-bond acceptors (Lipinski definition) is 3. The highest BCUT2D eigenvalue weighted by Gasteiger charge is 2.25. The van der Waals surface area contributed by atoms with Gasteiger partial charge in [-0.1, -0.05) is 17.7 Å². The highest BCUT2D eigenvalue weighted by Crippen LogP contribution is 2.20. The van der Waals surface area contributed by atoms with E-state index in [2.05, 4.69) is 41.7 Å². The summed E-state index contributed by atoms with van der Waals surface area (Å²) >= 11 is 0. The van der Waals surface area contributed by atoms with Gasteiger partial charge in [0.25, 0.3) is 0 Å². The first-order valence-corrected chi connectivity index (χ1v) is 8.21. The molecule has 23 heavy (non-hydrogen) atoms. The van der Waals surface area contributed by atoms with Gasteiger partial charge < -0.3 is 10.6 Å². The zero-order valence-electron chi connectivity index (χ0n) is 14.0. The van der Waals surface area contributed by atoms with E-state index in [0.717, 1.165) is 30.8 Å². The van der Waals surface area contributed by atoms with Crippen molar-refractivity contribution in [3.05, 3.63) is 41.6 Å². The minimum Gasteiger partial charge on any atom is -0.314 e. The molecule has 0 saturated carbocycles. The van der Waals surface area contributed by atoms with E-state index in [-0.39, 0.29) is 11.8 Å². The van der Waals surface area contributed by atoms with E-state index in [4.69, 9.17) is 0 Å². The van der Waals surface area contributed by atoms with Crippen LogP contribution in [-0.4, -0.2) is 28.3 Å². The van der Waals surface area contributed by atoms with Gasteiger partial charge in [0.15, 0.2) is 5.82 Å². The van der Waals surface area contributed by atoms with Gasteiger partial charge in [-0.25, -0.2) is 4.68 Å². The molecule has 1 aromatic carbocycles. The fourth-order valence-corrected chi connectivity index (χ4v) is 3.08. The van der Waals surface area contributed by atoms with Gasteiger partial charge in [0.1, 0.15) is 0 Å². The van der Waals surface area contributed by atoms with Crippen molar-refractivity contribution in [2.45, 2.75) is 39.7 Å². The van der Waals surface area contributed by atoms with Gasteiger partial charge in [-0.2, -0.15) is 0 Å². The van der Waals surface area contributed by atoms with E-state index in [1.54, 1.807) is 0 Å². The SMILES string of the molecule is Cc1ccc(-n2nc(NC(=O)[C@H]3CCN[C@@H](C)C3)cc2C)cc1. The average molecular weight is 312 g/mol. The van der Waals surface area contributed by atoms with Crippen LogP contribution in [0, 0.1) is 19.8 Å². The average Bonchev–Trinajstić information content (AvgIpc) is 2.88. The summed E-state index contributed by atoms with van der Waals surface area (Å²) in [5.74, 6) is 0.766. The van der Waals surface area contributed by atoms with E-state index in [9.17, 15) is 4.79 Å². The summed E-state index contributed by atoms with van der Waals surface area (Å²) in [6.45, 7) is 7.08. The third kappa shape index (κ3) is 3.62. The van der Waals surface area contributed by atoms with E-state index in [1.807, 2.05) is 29.8 Å². The predicted molar refractivity (Wildman–Crippen MR) is 91.9 cm³/mol. The van der Waals surface area contributed by atoms with E-state index < -0.39 is 0 Å². The highest BCUT2D eigenvalue weighted by atomic mass is 16.2. The molecule has 2 heterocycles. The molecule has 5 heteroatoms. The summed E-state index contributed by atoms with van der Waals surface area (Å²) in [7, 11) is 0. The molecular formula is C18H24N4O. The number of anilines is 1. The fourth-order valence-electron chi connectivity index (χ4n) is 3.08. The van der Waals surface area contributed by atoms with Crippen molar-refractivity contribution in [1.82, 2.24) is 15.1 Å². The first kappa shape index (κ1) is 15.7. The Hall–Kier alpha value is -2.14. The number of carbonyl (C=O) groups excluding carboxylic acids is 1. The quantitative estimate of drug-likeness (QED) is 0.916. The summed E-state index contributed by atoms with van der Waals surface area (Å²) in [5.41, 5.74) is 3.22. The number of amides is 1. The van der Waals surface area contributed by atoms with Crippen molar-refractivity contribution >= 4 is 11.7 Å². The Bertz CT molecular complexity index is 690. The Kier molecular flexibility index (Phi) is 4.48. The molecule has 0 spiro atoms. The zero-order chi connectivity index (χ0) is 16.4. The molecule has 0 unspecified atom stereocenters. The molecule has 1 saturated heterocycles. The molecule has 5 nitrogen and oxygen atoms in total. The summed E-state index contributed by atoms with van der Waals surface area (Å²) in [5, 5.41) is 10.9. The number of carbonyl (C=O) groups is 1. The van der Waals surface area contributed by atoms with Crippen molar-refractivity contribution in [3.63, 3.8) is 0 Å². The second kappa shape index (κ2) is 6.54. The van der Waals surface area contributed by atoms with Crippen LogP contribution < -0.4 is 10.6 Å². The summed E-state index contributed by atoms with van der Waals surface area (Å²) in [4.78, 5) is 12.4. The van der Waals surface area contributed by atoms with Crippen LogP contribution in [0.5, 0.6) is 0 Å². The van der Waals surface area contributed by atoms with Gasteiger partial charge in [-0.15, -0.1) is 5.10 Å². The van der Waals surface area contributed by atoms with E-state index in [1.165, 1.54) is 5.56 Å². The number of hydrogen-bond donors (Lipinski definition) is 2. The Morgan fingerprint density at radius 1 is 1.30 bits per heavy atom. The lowest BCUT2D eigenvalue weighted by Gasteiger charge is -2.26. The first-order valence-electron chi connectivity index (χ1n) is 8.21. The number of nitrogens with one attached hydrogen (secondary N) is 2. The summed E-state index contributed by atoms with van der Waals surface area (Å²) in [6, 6.07) is 10.5. The lowest BCUT2D eigenvalue weighted by atomic mass is 9.92. The molecule has 0 radical (unpaired) electrons. The molecule has 0 aliphatic carbocycles. The number of benzene rings is 1. The van der Waals surface area contributed by atoms with E-state index >= 15 is 0 Å². The van der Waals surface area contributed by atoms with Gasteiger partial charge >= 0.3 is 0 Å². The second-order valence-corrected chi connectivity index (χ2v) is 6.48. The van der Waals surface area contributed by atoms with Gasteiger partial charge in [0.2, 0.25) is 5.91 Å². The predicted octanol–water partition coefficient (Wildman–Crippen LogP) is 2.82. The molecular weight excluding hydrogens is 288 g/mol. The monoisotopic (exact) mass is 312 g/mol. The normalized spacial score (nSPS) is 21.2. The molecule has 122 valence electrons. The van der Waals surface area contributed by atoms with Gasteiger partial charge in [0.05, 0.1) is 5.69 Å². The number of aromatic nitrogens is 2. The third-order valence-corrected chi connectivity index (χ3v) is 4.41. The minimum absolute atomic E-state index is 0.0658. The Labute approximate surface area is 137 Å². The molecule has 2 atom stereocenters. The van der Waals surface area contributed by atoms with Crippen molar-refractivity contribution in [3.8, 4) is 5.69 Å². The number of aryl methyl sites for hydroxylation is 2. The molecule has 3 rings (SSSR count). The molecule has 1 fully saturated rings. The smallest absolute Gasteiger partial charge is 0.228 e. The zero-order valence-corrected chi connectivity index (χ0v) is 14.0. The molecule has 1 aliphatic rings. The molecule has 1 amide bonds. The Balaban J connectivity index is 1.73. The summed E-state index contributed by atoms with van der Waals surface area (Å²) in [6.07, 6.45) is 1.76. The van der Waals surface area contributed by atoms with Crippen molar-refractivity contribution < 1.29 is 4.79 Å². The summed E-state index contributed by atoms with van der Waals surface area (Å²) < 4.78 is 1.86. The standard InChI is InChI=1S/C18H24N4O/c1-12-4-6-16(7-5-12)22-14(3)11-17(21-22)20-18(23)15-8-9-19-13(2)10-15/h4-7,11,13,15,19H,8-10H2,1-3H3,(H,20,21,23)/t13-,15-/m0/s1. The maximum absolute atomic E-state index is 12.4. The van der Waals surface area contributed by atoms with Crippen LogP contribution in [-0.2, 0) is 4.79 Å². The largest absolute Gasteiger partial charge is 0.314 e. The minimum atomic E-state index is 0.0658. The van der Waals surface area contributed by atoms with Crippen molar-refractivity contribution in [2.75, 3.05) is 11.9 Å². The molecule has 1 aromatic heterocycles. The van der Waals surface area contributed by atoms with Crippen molar-refractivity contribution in [1.29, 1.82) is 0 Å². The van der Waals surface area contributed by atoms with E-state index in [0.29, 0.717) is 11.9 Å². The van der Waals surface area contributed by atoms with Crippen LogP contribution in [0.1, 0.15) is 31.0 Å². The maximum Gasteiger partial charge on any atom is 0.228 e. The highest BCUT2D eigenvalue weighted by molar-refractivity contribution is 5.91. The second-order valence-electron chi connectivity index (χ2n) is 6.48. The molecule has 0 bridgehead atoms. The maximum atomic E-state index is 12.4. The number of rotatable bonds is 3. The molecule has 2 aromatic rings. The van der Waals surface area contributed by atoms with Crippen molar-refractivity contribution in [2.24, 2.45) is 5.92 Å². The lowest BCUT2D eigenvalue weighted by Crippen LogP contribution is -2.40. The fraction of sp³-hybridized carbons (Fsp3) is 0.444. The van der Waals surface area contributed by atoms with Crippen LogP contribution >= 0.6 is 0 Å². The number of nitrogens with zero attached hydrogens (tertiary/aromatic N) is 2. The number of piperidine rings is 1. The van der Waals surface area contributed by atoms with Gasteiger partial charge in [0, 0.05) is 23.7 Å². The van der Waals surface area contributed by atoms with Crippen LogP contribution in [0.4, 0.5) is 5.82 Å². The van der Waals surface area contributed by atoms with Gasteiger partial charge in [-0.3, -0.25) is 4.79 Å². The topological polar surface area (TPSA) is 59.0 Å². The third-order valence-electron chi connectivity index (χ3n) is 4.41. The lowest BCUT2D eigenvalue weighted by molar-refractivity contribution is -0.120. The van der Waals surface area contributed by atoms with Gasteiger partial charge in [-0.05, 0) is 52.3 Å². The van der Waals surface area contributed by atoms with Crippen LogP contribution in [0.15, 0.2) is 30.3 Å². The van der Waals surface area contributed by atoms with Crippen LogP contribution in [0.25, 0.3) is 5.69 Å². The van der Waals surface area contributed by atoms with Crippen LogP contribution in [0.3, 0.4) is 0 Å². The molecule has 1 aliphatic heterocycles. The molecule has 2 N–H and O–H groups in total. The van der Waals surface area contributed by atoms with Crippen LogP contribution in [0.2, 0.25) is 0 Å². The Morgan fingerprint density at radius 3 is 2.74 bits per heavy atom. The first-order chi connectivity index (χ1) is 11.0. The Morgan fingerprint density at radius 2 is 2.04 bits per heavy atom.